The lowest BCUT2D eigenvalue weighted by atomic mass is 9.98. The van der Waals surface area contributed by atoms with Crippen LogP contribution in [0.5, 0.6) is 5.75 Å². The fourth-order valence-electron chi connectivity index (χ4n) is 3.50. The van der Waals surface area contributed by atoms with Crippen molar-refractivity contribution in [1.82, 2.24) is 9.21 Å². The van der Waals surface area contributed by atoms with E-state index in [-0.39, 0.29) is 29.0 Å². The van der Waals surface area contributed by atoms with Crippen LogP contribution in [-0.2, 0) is 19.6 Å². The Hall–Kier alpha value is -1.35. The maximum absolute atomic E-state index is 13.2. The lowest BCUT2D eigenvalue weighted by molar-refractivity contribution is -0.140. The van der Waals surface area contributed by atoms with Crippen LogP contribution in [0.4, 0.5) is 0 Å². The predicted octanol–water partition coefficient (Wildman–Crippen LogP) is 2.00. The van der Waals surface area contributed by atoms with Gasteiger partial charge in [0.1, 0.15) is 10.6 Å². The molecule has 0 spiro atoms. The molecule has 1 aromatic carbocycles. The number of hydrogen-bond donors (Lipinski definition) is 0. The molecule has 2 heterocycles. The van der Waals surface area contributed by atoms with Gasteiger partial charge in [-0.2, -0.15) is 4.31 Å². The molecule has 27 heavy (non-hydrogen) atoms. The molecule has 7 nitrogen and oxygen atoms in total. The van der Waals surface area contributed by atoms with Gasteiger partial charge in [0, 0.05) is 31.2 Å². The van der Waals surface area contributed by atoms with E-state index in [0.717, 1.165) is 0 Å². The Labute approximate surface area is 165 Å². The lowest BCUT2D eigenvalue weighted by Crippen LogP contribution is -2.49. The second-order valence-electron chi connectivity index (χ2n) is 6.66. The van der Waals surface area contributed by atoms with E-state index in [2.05, 4.69) is 0 Å². The van der Waals surface area contributed by atoms with Crippen molar-refractivity contribution in [2.24, 2.45) is 5.92 Å². The number of nitrogens with zero attached hydrogens (tertiary/aromatic N) is 2. The second-order valence-corrected chi connectivity index (χ2v) is 9.01. The van der Waals surface area contributed by atoms with Crippen molar-refractivity contribution in [3.8, 4) is 5.75 Å². The van der Waals surface area contributed by atoms with Crippen LogP contribution in [-0.4, -0.2) is 69.5 Å². The molecule has 9 heteroatoms. The summed E-state index contributed by atoms with van der Waals surface area (Å²) < 4.78 is 38.6. The summed E-state index contributed by atoms with van der Waals surface area (Å²) in [5.74, 6) is -0.0424. The molecule has 0 N–H and O–H groups in total. The maximum Gasteiger partial charge on any atom is 0.246 e. The molecule has 150 valence electrons. The van der Waals surface area contributed by atoms with Gasteiger partial charge < -0.3 is 14.4 Å². The van der Waals surface area contributed by atoms with E-state index in [9.17, 15) is 13.2 Å². The van der Waals surface area contributed by atoms with Gasteiger partial charge >= 0.3 is 0 Å². The molecule has 0 unspecified atom stereocenters. The van der Waals surface area contributed by atoms with Crippen molar-refractivity contribution < 1.29 is 22.7 Å². The molecule has 3 rings (SSSR count). The van der Waals surface area contributed by atoms with Crippen LogP contribution < -0.4 is 4.74 Å². The highest BCUT2D eigenvalue weighted by atomic mass is 35.5. The molecule has 0 aliphatic carbocycles. The summed E-state index contributed by atoms with van der Waals surface area (Å²) in [7, 11) is -3.81. The Balaban J connectivity index is 1.80. The van der Waals surface area contributed by atoms with Crippen LogP contribution in [0, 0.1) is 5.92 Å². The smallest absolute Gasteiger partial charge is 0.246 e. The van der Waals surface area contributed by atoms with Gasteiger partial charge in [-0.3, -0.25) is 4.79 Å². The van der Waals surface area contributed by atoms with E-state index in [1.807, 2.05) is 0 Å². The monoisotopic (exact) mass is 416 g/mol. The molecule has 2 fully saturated rings. The number of amides is 1. The van der Waals surface area contributed by atoms with E-state index in [4.69, 9.17) is 21.1 Å². The molecule has 0 bridgehead atoms. The second kappa shape index (κ2) is 8.77. The third kappa shape index (κ3) is 4.56. The topological polar surface area (TPSA) is 76.2 Å². The minimum atomic E-state index is -3.81. The zero-order chi connectivity index (χ0) is 19.4. The van der Waals surface area contributed by atoms with Crippen molar-refractivity contribution in [3.63, 3.8) is 0 Å². The molecule has 1 aromatic rings. The number of hydrogen-bond acceptors (Lipinski definition) is 5. The summed E-state index contributed by atoms with van der Waals surface area (Å²) in [5, 5.41) is 0.329. The molecule has 1 atom stereocenters. The first-order valence-electron chi connectivity index (χ1n) is 9.22. The van der Waals surface area contributed by atoms with Crippen molar-refractivity contribution in [3.05, 3.63) is 23.2 Å². The zero-order valence-corrected chi connectivity index (χ0v) is 17.0. The van der Waals surface area contributed by atoms with E-state index in [1.54, 1.807) is 24.0 Å². The number of carbonyl (C=O) groups is 1. The Morgan fingerprint density at radius 2 is 2.04 bits per heavy atom. The Bertz CT molecular complexity index is 780. The van der Waals surface area contributed by atoms with Gasteiger partial charge in [0.05, 0.1) is 25.7 Å². The summed E-state index contributed by atoms with van der Waals surface area (Å²) in [5.41, 5.74) is 0. The van der Waals surface area contributed by atoms with Crippen LogP contribution in [0.1, 0.15) is 19.8 Å². The molecule has 0 radical (unpaired) electrons. The number of sulfonamides is 1. The zero-order valence-electron chi connectivity index (χ0n) is 15.4. The fourth-order valence-corrected chi connectivity index (χ4v) is 5.42. The number of rotatable bonds is 5. The highest BCUT2D eigenvalue weighted by Crippen LogP contribution is 2.32. The summed E-state index contributed by atoms with van der Waals surface area (Å²) in [4.78, 5) is 14.6. The first-order valence-corrected chi connectivity index (χ1v) is 11.0. The molecule has 1 amide bonds. The van der Waals surface area contributed by atoms with Gasteiger partial charge in [0.15, 0.2) is 0 Å². The summed E-state index contributed by atoms with van der Waals surface area (Å²) in [6, 6.07) is 4.58. The molecule has 0 saturated carbocycles. The van der Waals surface area contributed by atoms with E-state index in [1.165, 1.54) is 10.4 Å². The Kier molecular flexibility index (Phi) is 6.62. The third-order valence-corrected chi connectivity index (χ3v) is 7.00. The SMILES string of the molecule is CCOc1ccc(Cl)cc1S(=O)(=O)N1CCC[C@H](C(=O)N2CCOCC2)C1. The minimum absolute atomic E-state index is 0.00863. The van der Waals surface area contributed by atoms with Gasteiger partial charge in [0.2, 0.25) is 15.9 Å². The van der Waals surface area contributed by atoms with E-state index < -0.39 is 10.0 Å². The van der Waals surface area contributed by atoms with Gasteiger partial charge in [0.25, 0.3) is 0 Å². The standard InChI is InChI=1S/C18H25ClN2O5S/c1-2-26-16-6-5-15(19)12-17(16)27(23,24)21-7-3-4-14(13-21)18(22)20-8-10-25-11-9-20/h5-6,12,14H,2-4,7-11,13H2,1H3/t14-/m0/s1. The first kappa shape index (κ1) is 20.4. The van der Waals surface area contributed by atoms with Crippen molar-refractivity contribution in [2.45, 2.75) is 24.7 Å². The Morgan fingerprint density at radius 1 is 1.30 bits per heavy atom. The third-order valence-electron chi connectivity index (χ3n) is 4.88. The molecule has 0 aromatic heterocycles. The fraction of sp³-hybridized carbons (Fsp3) is 0.611. The van der Waals surface area contributed by atoms with Crippen molar-refractivity contribution in [2.75, 3.05) is 46.0 Å². The van der Waals surface area contributed by atoms with Gasteiger partial charge in [-0.05, 0) is 38.0 Å². The van der Waals surface area contributed by atoms with Crippen LogP contribution >= 0.6 is 11.6 Å². The average Bonchev–Trinajstić information content (AvgIpc) is 2.69. The highest BCUT2D eigenvalue weighted by Gasteiger charge is 2.36. The van der Waals surface area contributed by atoms with Crippen LogP contribution in [0.3, 0.4) is 0 Å². The number of morpholine rings is 1. The maximum atomic E-state index is 13.2. The molecular formula is C18H25ClN2O5S. The van der Waals surface area contributed by atoms with Gasteiger partial charge in [-0.1, -0.05) is 11.6 Å². The number of piperidine rings is 1. The molecular weight excluding hydrogens is 392 g/mol. The highest BCUT2D eigenvalue weighted by molar-refractivity contribution is 7.89. The summed E-state index contributed by atoms with van der Waals surface area (Å²) >= 11 is 6.03. The van der Waals surface area contributed by atoms with Gasteiger partial charge in [-0.25, -0.2) is 8.42 Å². The molecule has 2 aliphatic rings. The van der Waals surface area contributed by atoms with E-state index in [0.29, 0.717) is 57.3 Å². The predicted molar refractivity (Wildman–Crippen MR) is 102 cm³/mol. The Morgan fingerprint density at radius 3 is 2.74 bits per heavy atom. The summed E-state index contributed by atoms with van der Waals surface area (Å²) in [6.45, 7) is 4.88. The number of carbonyl (C=O) groups excluding carboxylic acids is 1. The van der Waals surface area contributed by atoms with Crippen LogP contribution in [0.25, 0.3) is 0 Å². The first-order chi connectivity index (χ1) is 12.9. The van der Waals surface area contributed by atoms with Crippen molar-refractivity contribution >= 4 is 27.5 Å². The number of ether oxygens (including phenoxy) is 2. The number of halogens is 1. The van der Waals surface area contributed by atoms with E-state index >= 15 is 0 Å². The van der Waals surface area contributed by atoms with Crippen molar-refractivity contribution in [1.29, 1.82) is 0 Å². The molecule has 2 saturated heterocycles. The molecule has 2 aliphatic heterocycles. The normalized spacial score (nSPS) is 21.9. The average molecular weight is 417 g/mol. The quantitative estimate of drug-likeness (QED) is 0.733. The lowest BCUT2D eigenvalue weighted by Gasteiger charge is -2.35. The largest absolute Gasteiger partial charge is 0.492 e. The minimum Gasteiger partial charge on any atom is -0.492 e. The van der Waals surface area contributed by atoms with Gasteiger partial charge in [-0.15, -0.1) is 0 Å². The van der Waals surface area contributed by atoms with Crippen LogP contribution in [0.15, 0.2) is 23.1 Å². The van der Waals surface area contributed by atoms with Crippen LogP contribution in [0.2, 0.25) is 5.02 Å². The summed E-state index contributed by atoms with van der Waals surface area (Å²) in [6.07, 6.45) is 1.33. The number of benzene rings is 1.